The maximum Gasteiger partial charge on any atom is 0.410 e. The number of carbonyl (C=O) groups is 1. The first-order valence-electron chi connectivity index (χ1n) is 7.83. The van der Waals surface area contributed by atoms with Crippen LogP contribution in [-0.2, 0) is 4.74 Å². The highest BCUT2D eigenvalue weighted by molar-refractivity contribution is 7.99. The van der Waals surface area contributed by atoms with E-state index in [0.29, 0.717) is 0 Å². The quantitative estimate of drug-likeness (QED) is 0.737. The van der Waals surface area contributed by atoms with Crippen LogP contribution in [0, 0.1) is 0 Å². The van der Waals surface area contributed by atoms with Crippen LogP contribution in [0.1, 0.15) is 33.6 Å². The van der Waals surface area contributed by atoms with E-state index in [1.807, 2.05) is 49.2 Å². The average Bonchev–Trinajstić information content (AvgIpc) is 2.39. The molecule has 0 unspecified atom stereocenters. The van der Waals surface area contributed by atoms with Crippen LogP contribution in [0.4, 0.5) is 4.79 Å². The molecule has 1 fully saturated rings. The zero-order valence-corrected chi connectivity index (χ0v) is 15.3. The summed E-state index contributed by atoms with van der Waals surface area (Å²) in [7, 11) is 0. The summed E-state index contributed by atoms with van der Waals surface area (Å²) in [5, 5.41) is 3.48. The summed E-state index contributed by atoms with van der Waals surface area (Å²) >= 11 is 3.85. The molecule has 0 saturated carbocycles. The average molecular weight is 335 g/mol. The highest BCUT2D eigenvalue weighted by atomic mass is 32.2. The van der Waals surface area contributed by atoms with Gasteiger partial charge in [0.2, 0.25) is 0 Å². The standard InChI is InChI=1S/C15H30N2O2S2/c1-15(2,3)19-14(18)17-8-12-20-10-4-6-16-7-5-11-21-13-9-17/h16H,4-13H2,1-3H3. The predicted molar refractivity (Wildman–Crippen MR) is 94.6 cm³/mol. The van der Waals surface area contributed by atoms with Crippen LogP contribution in [0.3, 0.4) is 0 Å². The Kier molecular flexibility index (Phi) is 9.60. The van der Waals surface area contributed by atoms with Crippen LogP contribution in [0.2, 0.25) is 0 Å². The van der Waals surface area contributed by atoms with Crippen LogP contribution in [0.5, 0.6) is 0 Å². The maximum absolute atomic E-state index is 12.2. The van der Waals surface area contributed by atoms with Gasteiger partial charge in [0.1, 0.15) is 5.60 Å². The van der Waals surface area contributed by atoms with Gasteiger partial charge in [-0.2, -0.15) is 23.5 Å². The molecule has 0 bridgehead atoms. The van der Waals surface area contributed by atoms with Gasteiger partial charge in [0.15, 0.2) is 0 Å². The Balaban J connectivity index is 2.43. The second-order valence-electron chi connectivity index (χ2n) is 6.15. The van der Waals surface area contributed by atoms with E-state index in [1.165, 1.54) is 12.8 Å². The van der Waals surface area contributed by atoms with Crippen molar-refractivity contribution in [1.29, 1.82) is 0 Å². The second-order valence-corrected chi connectivity index (χ2v) is 8.60. The number of ether oxygens (including phenoxy) is 1. The molecule has 1 rings (SSSR count). The molecular formula is C15H30N2O2S2. The summed E-state index contributed by atoms with van der Waals surface area (Å²) in [6, 6.07) is 0. The summed E-state index contributed by atoms with van der Waals surface area (Å²) in [6.45, 7) is 9.55. The van der Waals surface area contributed by atoms with Crippen LogP contribution in [0.15, 0.2) is 0 Å². The normalized spacial score (nSPS) is 20.6. The molecule has 0 atom stereocenters. The molecule has 6 heteroatoms. The van der Waals surface area contributed by atoms with E-state index in [9.17, 15) is 4.79 Å². The Hall–Kier alpha value is -0.0700. The molecule has 1 aliphatic rings. The Morgan fingerprint density at radius 3 is 2.00 bits per heavy atom. The molecular weight excluding hydrogens is 304 g/mol. The molecule has 0 spiro atoms. The lowest BCUT2D eigenvalue weighted by atomic mass is 10.2. The minimum Gasteiger partial charge on any atom is -0.444 e. The predicted octanol–water partition coefficient (Wildman–Crippen LogP) is 3.07. The van der Waals surface area contributed by atoms with Crippen molar-refractivity contribution in [2.45, 2.75) is 39.2 Å². The van der Waals surface area contributed by atoms with Crippen LogP contribution in [0.25, 0.3) is 0 Å². The van der Waals surface area contributed by atoms with Gasteiger partial charge < -0.3 is 15.0 Å². The number of carbonyl (C=O) groups excluding carboxylic acids is 1. The Labute approximate surface area is 138 Å². The summed E-state index contributed by atoms with van der Waals surface area (Å²) in [5.41, 5.74) is -0.415. The molecule has 0 aromatic heterocycles. The summed E-state index contributed by atoms with van der Waals surface area (Å²) in [6.07, 6.45) is 2.23. The summed E-state index contributed by atoms with van der Waals surface area (Å²) < 4.78 is 5.50. The molecule has 1 amide bonds. The van der Waals surface area contributed by atoms with E-state index in [4.69, 9.17) is 4.74 Å². The highest BCUT2D eigenvalue weighted by Crippen LogP contribution is 2.13. The largest absolute Gasteiger partial charge is 0.444 e. The molecule has 0 aromatic carbocycles. The van der Waals surface area contributed by atoms with Gasteiger partial charge in [-0.05, 0) is 58.2 Å². The molecule has 21 heavy (non-hydrogen) atoms. The fraction of sp³-hybridized carbons (Fsp3) is 0.933. The topological polar surface area (TPSA) is 41.6 Å². The minimum atomic E-state index is -0.415. The second kappa shape index (κ2) is 10.6. The van der Waals surface area contributed by atoms with E-state index >= 15 is 0 Å². The van der Waals surface area contributed by atoms with Crippen LogP contribution < -0.4 is 5.32 Å². The molecule has 0 aliphatic carbocycles. The fourth-order valence-corrected chi connectivity index (χ4v) is 3.70. The fourth-order valence-electron chi connectivity index (χ4n) is 1.90. The third-order valence-corrected chi connectivity index (χ3v) is 5.04. The zero-order chi connectivity index (χ0) is 15.6. The first-order chi connectivity index (χ1) is 9.99. The van der Waals surface area contributed by atoms with Crippen molar-refractivity contribution in [3.63, 3.8) is 0 Å². The van der Waals surface area contributed by atoms with Gasteiger partial charge in [-0.25, -0.2) is 4.79 Å². The van der Waals surface area contributed by atoms with Gasteiger partial charge in [-0.3, -0.25) is 0 Å². The van der Waals surface area contributed by atoms with Gasteiger partial charge in [0.05, 0.1) is 0 Å². The molecule has 1 saturated heterocycles. The van der Waals surface area contributed by atoms with Crippen molar-refractivity contribution < 1.29 is 9.53 Å². The molecule has 4 nitrogen and oxygen atoms in total. The van der Waals surface area contributed by atoms with Crippen LogP contribution >= 0.6 is 23.5 Å². The third-order valence-electron chi connectivity index (χ3n) is 2.95. The monoisotopic (exact) mass is 334 g/mol. The zero-order valence-electron chi connectivity index (χ0n) is 13.7. The van der Waals surface area contributed by atoms with E-state index in [1.54, 1.807) is 0 Å². The SMILES string of the molecule is CC(C)(C)OC(=O)N1CCSCCCNCCCSCC1. The van der Waals surface area contributed by atoms with Gasteiger partial charge >= 0.3 is 6.09 Å². The molecule has 1 aliphatic heterocycles. The van der Waals surface area contributed by atoms with Crippen molar-refractivity contribution in [1.82, 2.24) is 10.2 Å². The number of hydrogen-bond donors (Lipinski definition) is 1. The molecule has 124 valence electrons. The van der Waals surface area contributed by atoms with Gasteiger partial charge in [-0.15, -0.1) is 0 Å². The summed E-state index contributed by atoms with van der Waals surface area (Å²) in [4.78, 5) is 14.1. The van der Waals surface area contributed by atoms with Crippen molar-refractivity contribution >= 4 is 29.6 Å². The number of hydrogen-bond acceptors (Lipinski definition) is 5. The van der Waals surface area contributed by atoms with Crippen molar-refractivity contribution in [3.8, 4) is 0 Å². The number of nitrogens with zero attached hydrogens (tertiary/aromatic N) is 1. The summed E-state index contributed by atoms with van der Waals surface area (Å²) in [5.74, 6) is 4.29. The molecule has 1 N–H and O–H groups in total. The number of nitrogens with one attached hydrogen (secondary N) is 1. The van der Waals surface area contributed by atoms with Gasteiger partial charge in [0.25, 0.3) is 0 Å². The Morgan fingerprint density at radius 1 is 1.00 bits per heavy atom. The Bertz CT molecular complexity index is 282. The van der Waals surface area contributed by atoms with E-state index < -0.39 is 5.60 Å². The molecule has 0 aromatic rings. The molecule has 1 heterocycles. The van der Waals surface area contributed by atoms with Crippen molar-refractivity contribution in [3.05, 3.63) is 0 Å². The third kappa shape index (κ3) is 10.3. The van der Waals surface area contributed by atoms with Crippen molar-refractivity contribution in [2.24, 2.45) is 0 Å². The lowest BCUT2D eigenvalue weighted by Crippen LogP contribution is -2.39. The number of amides is 1. The maximum atomic E-state index is 12.2. The smallest absolute Gasteiger partial charge is 0.410 e. The highest BCUT2D eigenvalue weighted by Gasteiger charge is 2.21. The lowest BCUT2D eigenvalue weighted by Gasteiger charge is -2.27. The van der Waals surface area contributed by atoms with E-state index in [-0.39, 0.29) is 6.09 Å². The first-order valence-corrected chi connectivity index (χ1v) is 10.1. The number of thioether (sulfide) groups is 2. The minimum absolute atomic E-state index is 0.169. The first kappa shape index (κ1) is 19.0. The van der Waals surface area contributed by atoms with Crippen molar-refractivity contribution in [2.75, 3.05) is 49.2 Å². The molecule has 0 radical (unpaired) electrons. The van der Waals surface area contributed by atoms with E-state index in [0.717, 1.165) is 49.2 Å². The number of rotatable bonds is 0. The van der Waals surface area contributed by atoms with E-state index in [2.05, 4.69) is 5.32 Å². The van der Waals surface area contributed by atoms with Crippen LogP contribution in [-0.4, -0.2) is 65.8 Å². The Morgan fingerprint density at radius 2 is 1.52 bits per heavy atom. The lowest BCUT2D eigenvalue weighted by molar-refractivity contribution is 0.0274. The van der Waals surface area contributed by atoms with Gasteiger partial charge in [0, 0.05) is 24.6 Å². The van der Waals surface area contributed by atoms with Gasteiger partial charge in [-0.1, -0.05) is 0 Å².